The zero-order chi connectivity index (χ0) is 8.72. The lowest BCUT2D eigenvalue weighted by molar-refractivity contribution is 1.05. The second-order valence-corrected chi connectivity index (χ2v) is 2.98. The Kier molecular flexibility index (Phi) is 1.40. The Labute approximate surface area is 74.3 Å². The van der Waals surface area contributed by atoms with E-state index in [0.29, 0.717) is 15.6 Å². The van der Waals surface area contributed by atoms with Crippen LogP contribution in [-0.2, 0) is 0 Å². The summed E-state index contributed by atoms with van der Waals surface area (Å²) in [5.74, 6) is 0.161. The smallest absolute Gasteiger partial charge is 0.348 e. The van der Waals surface area contributed by atoms with E-state index >= 15 is 0 Å². The number of hydrogen-bond acceptors (Lipinski definition) is 4. The molecule has 2 rings (SSSR count). The maximum absolute atomic E-state index is 10.8. The van der Waals surface area contributed by atoms with E-state index in [9.17, 15) is 4.79 Å². The maximum atomic E-state index is 10.8. The summed E-state index contributed by atoms with van der Waals surface area (Å²) in [4.78, 5) is 16.7. The fourth-order valence-corrected chi connectivity index (χ4v) is 1.42. The van der Waals surface area contributed by atoms with Crippen molar-refractivity contribution in [3.8, 4) is 0 Å². The van der Waals surface area contributed by atoms with Crippen LogP contribution in [0, 0.1) is 0 Å². The Hall–Kier alpha value is -1.37. The molecule has 0 unspecified atom stereocenters. The molecule has 0 aliphatic carbocycles. The molecule has 7 heteroatoms. The zero-order valence-corrected chi connectivity index (χ0v) is 7.34. The van der Waals surface area contributed by atoms with Crippen molar-refractivity contribution in [2.24, 2.45) is 0 Å². The highest BCUT2D eigenvalue weighted by Gasteiger charge is 2.07. The number of aromatic amines is 2. The average molecular weight is 230 g/mol. The Morgan fingerprint density at radius 3 is 3.00 bits per heavy atom. The van der Waals surface area contributed by atoms with E-state index in [0.717, 1.165) is 0 Å². The van der Waals surface area contributed by atoms with E-state index in [1.54, 1.807) is 0 Å². The zero-order valence-electron chi connectivity index (χ0n) is 5.76. The van der Waals surface area contributed by atoms with E-state index in [2.05, 4.69) is 36.1 Å². The lowest BCUT2D eigenvalue weighted by Gasteiger charge is -1.91. The third kappa shape index (κ3) is 0.900. The highest BCUT2D eigenvalue weighted by molar-refractivity contribution is 9.10. The molecule has 6 nitrogen and oxygen atoms in total. The lowest BCUT2D eigenvalue weighted by Crippen LogP contribution is -2.12. The first kappa shape index (κ1) is 7.29. The van der Waals surface area contributed by atoms with Crippen molar-refractivity contribution in [3.05, 3.63) is 15.1 Å². The Morgan fingerprint density at radius 1 is 1.50 bits per heavy atom. The fourth-order valence-electron chi connectivity index (χ4n) is 0.939. The topological polar surface area (TPSA) is 100 Å². The van der Waals surface area contributed by atoms with Gasteiger partial charge in [-0.15, -0.1) is 0 Å². The number of nitrogen functional groups attached to an aromatic ring is 1. The molecular weight excluding hydrogens is 226 g/mol. The average Bonchev–Trinajstić information content (AvgIpc) is 2.31. The number of fused-ring (bicyclic) bond motifs is 1. The molecule has 2 heterocycles. The predicted molar refractivity (Wildman–Crippen MR) is 46.6 cm³/mol. The standard InChI is InChI=1S/C5H4BrN5O/c6-2-1-3(7)8-5(12)9-4(1)11-10-2/h(H4,7,8,9,10,11,12). The Morgan fingerprint density at radius 2 is 2.25 bits per heavy atom. The molecule has 0 fully saturated rings. The molecule has 0 atom stereocenters. The molecule has 62 valence electrons. The summed E-state index contributed by atoms with van der Waals surface area (Å²) < 4.78 is 0.610. The van der Waals surface area contributed by atoms with Gasteiger partial charge in [0.2, 0.25) is 0 Å². The summed E-state index contributed by atoms with van der Waals surface area (Å²) in [5, 5.41) is 7.01. The largest absolute Gasteiger partial charge is 0.383 e. The summed E-state index contributed by atoms with van der Waals surface area (Å²) in [7, 11) is 0. The molecular formula is C5H4BrN5O. The molecule has 2 aromatic rings. The summed E-state index contributed by atoms with van der Waals surface area (Å²) in [5.41, 5.74) is 5.38. The monoisotopic (exact) mass is 229 g/mol. The van der Waals surface area contributed by atoms with Crippen molar-refractivity contribution in [1.82, 2.24) is 20.2 Å². The van der Waals surface area contributed by atoms with E-state index in [1.165, 1.54) is 0 Å². The molecule has 0 aliphatic rings. The van der Waals surface area contributed by atoms with Gasteiger partial charge in [0.1, 0.15) is 10.4 Å². The lowest BCUT2D eigenvalue weighted by atomic mass is 10.4. The molecule has 2 aromatic heterocycles. The van der Waals surface area contributed by atoms with Crippen molar-refractivity contribution >= 4 is 32.8 Å². The second kappa shape index (κ2) is 2.31. The molecule has 0 aromatic carbocycles. The van der Waals surface area contributed by atoms with Crippen LogP contribution in [0.5, 0.6) is 0 Å². The molecule has 0 amide bonds. The summed E-state index contributed by atoms with van der Waals surface area (Å²) in [6.07, 6.45) is 0. The molecule has 0 aliphatic heterocycles. The third-order valence-corrected chi connectivity index (χ3v) is 2.00. The van der Waals surface area contributed by atoms with Gasteiger partial charge in [-0.3, -0.25) is 10.1 Å². The van der Waals surface area contributed by atoms with Crippen LogP contribution in [0.4, 0.5) is 5.82 Å². The number of nitrogens with one attached hydrogen (secondary N) is 2. The van der Waals surface area contributed by atoms with Gasteiger partial charge < -0.3 is 5.73 Å². The number of nitrogens with zero attached hydrogens (tertiary/aromatic N) is 2. The number of rotatable bonds is 0. The minimum Gasteiger partial charge on any atom is -0.383 e. The minimum atomic E-state index is -0.501. The first-order valence-corrected chi connectivity index (χ1v) is 3.87. The molecule has 0 saturated heterocycles. The van der Waals surface area contributed by atoms with E-state index in [1.807, 2.05) is 0 Å². The highest BCUT2D eigenvalue weighted by atomic mass is 79.9. The number of anilines is 1. The van der Waals surface area contributed by atoms with Gasteiger partial charge in [-0.25, -0.2) is 4.79 Å². The van der Waals surface area contributed by atoms with E-state index in [4.69, 9.17) is 5.73 Å². The van der Waals surface area contributed by atoms with Crippen LogP contribution in [0.1, 0.15) is 0 Å². The molecule has 0 saturated carbocycles. The van der Waals surface area contributed by atoms with E-state index < -0.39 is 5.69 Å². The number of nitrogens with two attached hydrogens (primary N) is 1. The van der Waals surface area contributed by atoms with Gasteiger partial charge in [0, 0.05) is 0 Å². The number of halogens is 1. The van der Waals surface area contributed by atoms with Gasteiger partial charge in [0.05, 0.1) is 5.39 Å². The van der Waals surface area contributed by atoms with Crippen molar-refractivity contribution in [1.29, 1.82) is 0 Å². The van der Waals surface area contributed by atoms with Crippen LogP contribution >= 0.6 is 15.9 Å². The SMILES string of the molecule is Nc1nc(=O)[nH]c2n[nH]c(Br)c12. The van der Waals surface area contributed by atoms with Crippen LogP contribution in [0.25, 0.3) is 11.0 Å². The van der Waals surface area contributed by atoms with Crippen LogP contribution in [0.3, 0.4) is 0 Å². The molecule has 0 spiro atoms. The van der Waals surface area contributed by atoms with Gasteiger partial charge in [-0.1, -0.05) is 0 Å². The number of H-pyrrole nitrogens is 2. The van der Waals surface area contributed by atoms with Crippen LogP contribution in [0.2, 0.25) is 0 Å². The van der Waals surface area contributed by atoms with Crippen molar-refractivity contribution < 1.29 is 0 Å². The quantitative estimate of drug-likeness (QED) is 0.592. The molecule has 4 N–H and O–H groups in total. The number of hydrogen-bond donors (Lipinski definition) is 3. The van der Waals surface area contributed by atoms with Crippen molar-refractivity contribution in [2.45, 2.75) is 0 Å². The van der Waals surface area contributed by atoms with Crippen molar-refractivity contribution in [3.63, 3.8) is 0 Å². The molecule has 12 heavy (non-hydrogen) atoms. The van der Waals surface area contributed by atoms with Gasteiger partial charge in [-0.2, -0.15) is 10.1 Å². The predicted octanol–water partition coefficient (Wildman–Crippen LogP) is -0.00910. The Bertz CT molecular complexity index is 486. The van der Waals surface area contributed by atoms with Crippen LogP contribution in [-0.4, -0.2) is 20.2 Å². The normalized spacial score (nSPS) is 10.8. The van der Waals surface area contributed by atoms with Gasteiger partial charge in [-0.05, 0) is 15.9 Å². The van der Waals surface area contributed by atoms with Gasteiger partial charge in [0.15, 0.2) is 5.65 Å². The summed E-state index contributed by atoms with van der Waals surface area (Å²) in [6, 6.07) is 0. The molecule has 0 bridgehead atoms. The first-order chi connectivity index (χ1) is 5.68. The Balaban J connectivity index is 3.02. The molecule has 0 radical (unpaired) electrons. The first-order valence-electron chi connectivity index (χ1n) is 3.08. The van der Waals surface area contributed by atoms with Crippen LogP contribution < -0.4 is 11.4 Å². The highest BCUT2D eigenvalue weighted by Crippen LogP contribution is 2.21. The third-order valence-electron chi connectivity index (χ3n) is 1.43. The summed E-state index contributed by atoms with van der Waals surface area (Å²) >= 11 is 3.18. The number of aromatic nitrogens is 4. The van der Waals surface area contributed by atoms with Gasteiger partial charge in [0.25, 0.3) is 0 Å². The second-order valence-electron chi connectivity index (χ2n) is 2.19. The maximum Gasteiger partial charge on any atom is 0.348 e. The van der Waals surface area contributed by atoms with Crippen molar-refractivity contribution in [2.75, 3.05) is 5.73 Å². The van der Waals surface area contributed by atoms with E-state index in [-0.39, 0.29) is 5.82 Å². The van der Waals surface area contributed by atoms with Crippen LogP contribution in [0.15, 0.2) is 9.40 Å². The van der Waals surface area contributed by atoms with Gasteiger partial charge >= 0.3 is 5.69 Å². The fraction of sp³-hybridized carbons (Fsp3) is 0. The minimum absolute atomic E-state index is 0.161. The summed E-state index contributed by atoms with van der Waals surface area (Å²) in [6.45, 7) is 0.